The fourth-order valence-corrected chi connectivity index (χ4v) is 3.06. The maximum atomic E-state index is 6.06. The zero-order valence-corrected chi connectivity index (χ0v) is 10.5. The van der Waals surface area contributed by atoms with E-state index < -0.39 is 0 Å². The molecule has 1 aromatic heterocycles. The first-order valence-electron chi connectivity index (χ1n) is 6.63. The van der Waals surface area contributed by atoms with Gasteiger partial charge in [0, 0.05) is 19.0 Å². The molecule has 94 valence electrons. The molecule has 2 aliphatic rings. The summed E-state index contributed by atoms with van der Waals surface area (Å²) in [6, 6.07) is 0.729. The minimum atomic E-state index is 0.0892. The summed E-state index contributed by atoms with van der Waals surface area (Å²) in [7, 11) is 2.21. The molecule has 1 saturated heterocycles. The topological polar surface area (TPSA) is 60.0 Å². The van der Waals surface area contributed by atoms with Crippen molar-refractivity contribution in [3.63, 3.8) is 0 Å². The molecule has 0 amide bonds. The second-order valence-electron chi connectivity index (χ2n) is 5.36. The fourth-order valence-electron chi connectivity index (χ4n) is 3.06. The molecule has 17 heavy (non-hydrogen) atoms. The van der Waals surface area contributed by atoms with E-state index in [4.69, 9.17) is 5.73 Å². The molecule has 1 aromatic rings. The van der Waals surface area contributed by atoms with E-state index in [0.29, 0.717) is 6.04 Å². The molecule has 1 fully saturated rings. The summed E-state index contributed by atoms with van der Waals surface area (Å²) in [5.74, 6) is 2.13. The summed E-state index contributed by atoms with van der Waals surface area (Å²) in [4.78, 5) is 2.43. The van der Waals surface area contributed by atoms with Crippen molar-refractivity contribution in [2.45, 2.75) is 50.7 Å². The Kier molecular flexibility index (Phi) is 2.88. The van der Waals surface area contributed by atoms with Crippen LogP contribution in [-0.4, -0.2) is 39.3 Å². The lowest BCUT2D eigenvalue weighted by Gasteiger charge is -2.22. The number of rotatable bonds is 2. The van der Waals surface area contributed by atoms with Crippen molar-refractivity contribution in [2.24, 2.45) is 5.73 Å². The van der Waals surface area contributed by atoms with Crippen LogP contribution >= 0.6 is 0 Å². The molecule has 2 aliphatic heterocycles. The molecule has 3 rings (SSSR count). The highest BCUT2D eigenvalue weighted by Crippen LogP contribution is 2.24. The molecule has 2 unspecified atom stereocenters. The standard InChI is InChI=1S/C12H21N5/c1-16-6-2-4-9(16)8-11-14-15-12-10(13)5-3-7-17(11)12/h9-10H,2-8,13H2,1H3. The zero-order valence-electron chi connectivity index (χ0n) is 10.5. The van der Waals surface area contributed by atoms with E-state index in [0.717, 1.165) is 37.5 Å². The van der Waals surface area contributed by atoms with Gasteiger partial charge in [-0.3, -0.25) is 0 Å². The van der Waals surface area contributed by atoms with Gasteiger partial charge in [0.05, 0.1) is 6.04 Å². The van der Waals surface area contributed by atoms with Crippen molar-refractivity contribution in [1.29, 1.82) is 0 Å². The Morgan fingerprint density at radius 2 is 2.06 bits per heavy atom. The fraction of sp³-hybridized carbons (Fsp3) is 0.833. The first-order chi connectivity index (χ1) is 8.25. The van der Waals surface area contributed by atoms with E-state index >= 15 is 0 Å². The highest BCUT2D eigenvalue weighted by Gasteiger charge is 2.26. The van der Waals surface area contributed by atoms with E-state index in [9.17, 15) is 0 Å². The Balaban J connectivity index is 1.79. The second-order valence-corrected chi connectivity index (χ2v) is 5.36. The predicted molar refractivity (Wildman–Crippen MR) is 65.5 cm³/mol. The maximum Gasteiger partial charge on any atom is 0.149 e. The molecule has 0 aliphatic carbocycles. The molecule has 0 aromatic carbocycles. The van der Waals surface area contributed by atoms with Crippen LogP contribution in [-0.2, 0) is 13.0 Å². The Bertz CT molecular complexity index is 400. The van der Waals surface area contributed by atoms with E-state index in [1.165, 1.54) is 19.4 Å². The molecule has 0 bridgehead atoms. The molecule has 5 nitrogen and oxygen atoms in total. The number of nitrogens with two attached hydrogens (primary N) is 1. The number of aromatic nitrogens is 3. The lowest BCUT2D eigenvalue weighted by molar-refractivity contribution is 0.301. The quantitative estimate of drug-likeness (QED) is 0.820. The summed E-state index contributed by atoms with van der Waals surface area (Å²) >= 11 is 0. The number of likely N-dealkylation sites (tertiary alicyclic amines) is 1. The summed E-state index contributed by atoms with van der Waals surface area (Å²) in [6.45, 7) is 2.26. The highest BCUT2D eigenvalue weighted by atomic mass is 15.3. The van der Waals surface area contributed by atoms with Gasteiger partial charge in [-0.2, -0.15) is 0 Å². The molecule has 2 atom stereocenters. The molecule has 0 radical (unpaired) electrons. The normalized spacial score (nSPS) is 29.5. The average Bonchev–Trinajstić information content (AvgIpc) is 2.89. The third kappa shape index (κ3) is 1.98. The first kappa shape index (κ1) is 11.2. The van der Waals surface area contributed by atoms with Crippen LogP contribution in [0, 0.1) is 0 Å². The van der Waals surface area contributed by atoms with Gasteiger partial charge in [0.2, 0.25) is 0 Å². The lowest BCUT2D eigenvalue weighted by atomic mass is 10.1. The Morgan fingerprint density at radius 3 is 2.82 bits per heavy atom. The largest absolute Gasteiger partial charge is 0.321 e. The van der Waals surface area contributed by atoms with Gasteiger partial charge < -0.3 is 15.2 Å². The van der Waals surface area contributed by atoms with E-state index in [1.54, 1.807) is 0 Å². The van der Waals surface area contributed by atoms with Crippen molar-refractivity contribution >= 4 is 0 Å². The van der Waals surface area contributed by atoms with Crippen molar-refractivity contribution < 1.29 is 0 Å². The van der Waals surface area contributed by atoms with E-state index in [2.05, 4.69) is 26.7 Å². The van der Waals surface area contributed by atoms with Crippen LogP contribution in [0.2, 0.25) is 0 Å². The number of nitrogens with zero attached hydrogens (tertiary/aromatic N) is 4. The predicted octanol–water partition coefficient (Wildman–Crippen LogP) is 0.708. The zero-order chi connectivity index (χ0) is 11.8. The van der Waals surface area contributed by atoms with Crippen LogP contribution in [0.3, 0.4) is 0 Å². The number of likely N-dealkylation sites (N-methyl/N-ethyl adjacent to an activating group) is 1. The Labute approximate surface area is 102 Å². The van der Waals surface area contributed by atoms with E-state index in [1.807, 2.05) is 0 Å². The molecular formula is C12H21N5. The molecule has 2 N–H and O–H groups in total. The SMILES string of the molecule is CN1CCCC1Cc1nnc2n1CCCC2N. The van der Waals surface area contributed by atoms with Crippen LogP contribution in [0.15, 0.2) is 0 Å². The van der Waals surface area contributed by atoms with E-state index in [-0.39, 0.29) is 6.04 Å². The first-order valence-corrected chi connectivity index (χ1v) is 6.63. The van der Waals surface area contributed by atoms with Gasteiger partial charge in [-0.25, -0.2) is 0 Å². The Hall–Kier alpha value is -0.940. The van der Waals surface area contributed by atoms with Crippen molar-refractivity contribution in [2.75, 3.05) is 13.6 Å². The van der Waals surface area contributed by atoms with Crippen LogP contribution in [0.1, 0.15) is 43.4 Å². The van der Waals surface area contributed by atoms with Gasteiger partial charge in [-0.05, 0) is 39.3 Å². The molecule has 3 heterocycles. The van der Waals surface area contributed by atoms with Gasteiger partial charge in [0.1, 0.15) is 11.6 Å². The minimum Gasteiger partial charge on any atom is -0.321 e. The monoisotopic (exact) mass is 235 g/mol. The molecule has 0 spiro atoms. The summed E-state index contributed by atoms with van der Waals surface area (Å²) in [5, 5.41) is 8.63. The van der Waals surface area contributed by atoms with Gasteiger partial charge >= 0.3 is 0 Å². The van der Waals surface area contributed by atoms with Gasteiger partial charge in [-0.1, -0.05) is 0 Å². The van der Waals surface area contributed by atoms with Gasteiger partial charge in [-0.15, -0.1) is 10.2 Å². The second kappa shape index (κ2) is 4.38. The summed E-state index contributed by atoms with van der Waals surface area (Å²) in [5.41, 5.74) is 6.06. The number of hydrogen-bond donors (Lipinski definition) is 1. The number of hydrogen-bond acceptors (Lipinski definition) is 4. The summed E-state index contributed by atoms with van der Waals surface area (Å²) < 4.78 is 2.25. The van der Waals surface area contributed by atoms with Crippen molar-refractivity contribution in [1.82, 2.24) is 19.7 Å². The smallest absolute Gasteiger partial charge is 0.149 e. The molecule has 0 saturated carbocycles. The third-order valence-electron chi connectivity index (χ3n) is 4.17. The van der Waals surface area contributed by atoms with Crippen LogP contribution in [0.4, 0.5) is 0 Å². The molecule has 5 heteroatoms. The number of fused-ring (bicyclic) bond motifs is 1. The Morgan fingerprint density at radius 1 is 1.24 bits per heavy atom. The average molecular weight is 235 g/mol. The van der Waals surface area contributed by atoms with Gasteiger partial charge in [0.25, 0.3) is 0 Å². The summed E-state index contributed by atoms with van der Waals surface area (Å²) in [6.07, 6.45) is 5.81. The lowest BCUT2D eigenvalue weighted by Crippen LogP contribution is -2.29. The maximum absolute atomic E-state index is 6.06. The third-order valence-corrected chi connectivity index (χ3v) is 4.17. The van der Waals surface area contributed by atoms with Crippen LogP contribution in [0.5, 0.6) is 0 Å². The van der Waals surface area contributed by atoms with Crippen LogP contribution < -0.4 is 5.73 Å². The van der Waals surface area contributed by atoms with Crippen molar-refractivity contribution in [3.05, 3.63) is 11.6 Å². The van der Waals surface area contributed by atoms with Crippen LogP contribution in [0.25, 0.3) is 0 Å². The van der Waals surface area contributed by atoms with Crippen molar-refractivity contribution in [3.8, 4) is 0 Å². The minimum absolute atomic E-state index is 0.0892. The van der Waals surface area contributed by atoms with Gasteiger partial charge in [0.15, 0.2) is 0 Å². The highest BCUT2D eigenvalue weighted by molar-refractivity contribution is 5.05. The molecular weight excluding hydrogens is 214 g/mol.